The maximum absolute atomic E-state index is 6.21. The highest BCUT2D eigenvalue weighted by Gasteiger charge is 2.51. The van der Waals surface area contributed by atoms with Gasteiger partial charge in [-0.15, -0.1) is 0 Å². The first-order valence-corrected chi connectivity index (χ1v) is 15.4. The molecule has 0 bridgehead atoms. The van der Waals surface area contributed by atoms with Crippen molar-refractivity contribution < 1.29 is 4.42 Å². The fourth-order valence-electron chi connectivity index (χ4n) is 7.69. The smallest absolute Gasteiger partial charge is 0.136 e. The lowest BCUT2D eigenvalue weighted by atomic mass is 9.70. The Morgan fingerprint density at radius 2 is 1.20 bits per heavy atom. The standard InChI is InChI=1S/C43H29NO/c1-2-12-31(41-27-29-13-3-10-22-40(29)45-41)28-23-25-30(26-24-28)44-39-21-11-20-38-42(39)34-16-6-9-19-37(34)43(38)35-17-7-4-14-32(35)33-15-5-8-18-36(33)43/h2-27,44H,1H2/b31-12-. The van der Waals surface area contributed by atoms with Crippen LogP contribution in [-0.2, 0) is 5.41 Å². The number of anilines is 2. The molecule has 1 N–H and O–H groups in total. The first-order valence-electron chi connectivity index (χ1n) is 15.4. The summed E-state index contributed by atoms with van der Waals surface area (Å²) >= 11 is 0. The topological polar surface area (TPSA) is 25.2 Å². The second-order valence-corrected chi connectivity index (χ2v) is 11.8. The van der Waals surface area contributed by atoms with Crippen LogP contribution in [-0.4, -0.2) is 0 Å². The summed E-state index contributed by atoms with van der Waals surface area (Å²) < 4.78 is 6.21. The van der Waals surface area contributed by atoms with Gasteiger partial charge in [-0.2, -0.15) is 0 Å². The van der Waals surface area contributed by atoms with Gasteiger partial charge in [0.25, 0.3) is 0 Å². The van der Waals surface area contributed by atoms with Crippen LogP contribution in [0.25, 0.3) is 38.8 Å². The van der Waals surface area contributed by atoms with Crippen molar-refractivity contribution >= 4 is 27.9 Å². The van der Waals surface area contributed by atoms with E-state index < -0.39 is 0 Å². The lowest BCUT2D eigenvalue weighted by Crippen LogP contribution is -2.25. The molecule has 0 fully saturated rings. The normalized spacial score (nSPS) is 13.7. The SMILES string of the molecule is C=C/C=C(/c1ccc(Nc2cccc3c2-c2ccccc2C32c3ccccc3-c3ccccc32)cc1)c1cc2ccccc2o1. The summed E-state index contributed by atoms with van der Waals surface area (Å²) in [5.74, 6) is 0.830. The van der Waals surface area contributed by atoms with Gasteiger partial charge in [0.05, 0.1) is 5.41 Å². The second-order valence-electron chi connectivity index (χ2n) is 11.8. The zero-order valence-corrected chi connectivity index (χ0v) is 24.6. The molecule has 0 radical (unpaired) electrons. The molecule has 212 valence electrons. The highest BCUT2D eigenvalue weighted by Crippen LogP contribution is 2.63. The Labute approximate surface area is 262 Å². The average Bonchev–Trinajstić information content (AvgIpc) is 3.75. The summed E-state index contributed by atoms with van der Waals surface area (Å²) in [6.45, 7) is 3.96. The zero-order chi connectivity index (χ0) is 30.0. The van der Waals surface area contributed by atoms with Crippen molar-refractivity contribution in [3.8, 4) is 22.3 Å². The summed E-state index contributed by atoms with van der Waals surface area (Å²) in [5.41, 5.74) is 15.3. The maximum atomic E-state index is 6.21. The number of para-hydroxylation sites is 1. The van der Waals surface area contributed by atoms with E-state index in [1.807, 2.05) is 30.4 Å². The number of furan rings is 1. The first-order chi connectivity index (χ1) is 22.3. The van der Waals surface area contributed by atoms with Crippen molar-refractivity contribution in [2.75, 3.05) is 5.32 Å². The van der Waals surface area contributed by atoms with E-state index in [-0.39, 0.29) is 5.41 Å². The van der Waals surface area contributed by atoms with Gasteiger partial charge >= 0.3 is 0 Å². The van der Waals surface area contributed by atoms with Crippen LogP contribution in [0.15, 0.2) is 169 Å². The fourth-order valence-corrected chi connectivity index (χ4v) is 7.69. The molecule has 0 unspecified atom stereocenters. The average molecular weight is 576 g/mol. The third kappa shape index (κ3) is 3.63. The monoisotopic (exact) mass is 575 g/mol. The first kappa shape index (κ1) is 25.6. The minimum Gasteiger partial charge on any atom is -0.456 e. The van der Waals surface area contributed by atoms with E-state index in [1.165, 1.54) is 44.5 Å². The van der Waals surface area contributed by atoms with Gasteiger partial charge in [0.15, 0.2) is 0 Å². The molecule has 9 rings (SSSR count). The molecule has 2 nitrogen and oxygen atoms in total. The second kappa shape index (κ2) is 9.83. The predicted molar refractivity (Wildman–Crippen MR) is 186 cm³/mol. The minimum absolute atomic E-state index is 0.350. The largest absolute Gasteiger partial charge is 0.456 e. The van der Waals surface area contributed by atoms with Gasteiger partial charge in [-0.1, -0.05) is 134 Å². The Morgan fingerprint density at radius 1 is 0.600 bits per heavy atom. The van der Waals surface area contributed by atoms with Crippen LogP contribution >= 0.6 is 0 Å². The van der Waals surface area contributed by atoms with Crippen LogP contribution in [0.3, 0.4) is 0 Å². The van der Waals surface area contributed by atoms with E-state index in [4.69, 9.17) is 4.42 Å². The Morgan fingerprint density at radius 3 is 1.89 bits per heavy atom. The van der Waals surface area contributed by atoms with Gasteiger partial charge in [-0.25, -0.2) is 0 Å². The summed E-state index contributed by atoms with van der Waals surface area (Å²) in [4.78, 5) is 0. The highest BCUT2D eigenvalue weighted by molar-refractivity contribution is 5.99. The van der Waals surface area contributed by atoms with Gasteiger partial charge in [0.1, 0.15) is 11.3 Å². The predicted octanol–water partition coefficient (Wildman–Crippen LogP) is 11.1. The van der Waals surface area contributed by atoms with Crippen LogP contribution in [0, 0.1) is 0 Å². The van der Waals surface area contributed by atoms with Crippen molar-refractivity contribution in [3.05, 3.63) is 198 Å². The van der Waals surface area contributed by atoms with Gasteiger partial charge in [-0.3, -0.25) is 0 Å². The molecule has 2 aliphatic carbocycles. The molecule has 1 spiro atoms. The van der Waals surface area contributed by atoms with Crippen molar-refractivity contribution in [3.63, 3.8) is 0 Å². The quantitative estimate of drug-likeness (QED) is 0.207. The van der Waals surface area contributed by atoms with Crippen LogP contribution < -0.4 is 5.32 Å². The van der Waals surface area contributed by atoms with Crippen molar-refractivity contribution in [1.29, 1.82) is 0 Å². The van der Waals surface area contributed by atoms with Crippen molar-refractivity contribution in [2.45, 2.75) is 5.41 Å². The third-order valence-electron chi connectivity index (χ3n) is 9.47. The number of hydrogen-bond donors (Lipinski definition) is 1. The van der Waals surface area contributed by atoms with Crippen LogP contribution in [0.4, 0.5) is 11.4 Å². The van der Waals surface area contributed by atoms with Gasteiger partial charge < -0.3 is 9.73 Å². The van der Waals surface area contributed by atoms with E-state index in [9.17, 15) is 0 Å². The van der Waals surface area contributed by atoms with E-state index in [2.05, 4.69) is 139 Å². The molecule has 0 atom stereocenters. The Hall–Kier alpha value is -5.86. The number of fused-ring (bicyclic) bond motifs is 11. The molecule has 0 saturated carbocycles. The zero-order valence-electron chi connectivity index (χ0n) is 24.6. The van der Waals surface area contributed by atoms with E-state index >= 15 is 0 Å². The number of allylic oxidation sites excluding steroid dienone is 2. The molecular weight excluding hydrogens is 546 g/mol. The van der Waals surface area contributed by atoms with Crippen molar-refractivity contribution in [1.82, 2.24) is 0 Å². The molecule has 2 heteroatoms. The lowest BCUT2D eigenvalue weighted by molar-refractivity contribution is 0.600. The van der Waals surface area contributed by atoms with Gasteiger partial charge in [-0.05, 0) is 74.8 Å². The Balaban J connectivity index is 1.15. The highest BCUT2D eigenvalue weighted by atomic mass is 16.3. The summed E-state index contributed by atoms with van der Waals surface area (Å²) in [6.07, 6.45) is 3.83. The molecule has 45 heavy (non-hydrogen) atoms. The fraction of sp³-hybridized carbons (Fsp3) is 0.0233. The molecule has 0 aliphatic heterocycles. The Kier molecular flexibility index (Phi) is 5.60. The number of benzene rings is 6. The molecule has 6 aromatic carbocycles. The number of nitrogens with one attached hydrogen (secondary N) is 1. The number of rotatable bonds is 5. The van der Waals surface area contributed by atoms with Crippen LogP contribution in [0.5, 0.6) is 0 Å². The third-order valence-corrected chi connectivity index (χ3v) is 9.47. The maximum Gasteiger partial charge on any atom is 0.136 e. The van der Waals surface area contributed by atoms with Gasteiger partial charge in [0, 0.05) is 27.9 Å². The van der Waals surface area contributed by atoms with E-state index in [0.29, 0.717) is 0 Å². The molecule has 7 aromatic rings. The van der Waals surface area contributed by atoms with Crippen LogP contribution in [0.1, 0.15) is 33.6 Å². The lowest BCUT2D eigenvalue weighted by Gasteiger charge is -2.30. The minimum atomic E-state index is -0.350. The van der Waals surface area contributed by atoms with Crippen LogP contribution in [0.2, 0.25) is 0 Å². The molecule has 0 amide bonds. The molecule has 2 aliphatic rings. The molecule has 0 saturated heterocycles. The summed E-state index contributed by atoms with van der Waals surface area (Å²) in [5, 5.41) is 4.88. The summed E-state index contributed by atoms with van der Waals surface area (Å²) in [6, 6.07) is 52.3. The van der Waals surface area contributed by atoms with Gasteiger partial charge in [0.2, 0.25) is 0 Å². The van der Waals surface area contributed by atoms with E-state index in [1.54, 1.807) is 0 Å². The van der Waals surface area contributed by atoms with Crippen molar-refractivity contribution in [2.24, 2.45) is 0 Å². The number of hydrogen-bond acceptors (Lipinski definition) is 2. The molecular formula is C43H29NO. The van der Waals surface area contributed by atoms with E-state index in [0.717, 1.165) is 39.2 Å². The summed E-state index contributed by atoms with van der Waals surface area (Å²) in [7, 11) is 0. The molecule has 1 heterocycles. The molecule has 1 aromatic heterocycles. The Bertz CT molecular complexity index is 2240.